The Bertz CT molecular complexity index is 466. The summed E-state index contributed by atoms with van der Waals surface area (Å²) in [7, 11) is 1.61. The van der Waals surface area contributed by atoms with E-state index in [0.29, 0.717) is 23.4 Å². The fraction of sp³-hybridized carbons (Fsp3) is 0.647. The van der Waals surface area contributed by atoms with Crippen molar-refractivity contribution in [2.75, 3.05) is 20.2 Å². The number of benzene rings is 1. The van der Waals surface area contributed by atoms with Crippen LogP contribution in [0.4, 0.5) is 4.39 Å². The van der Waals surface area contributed by atoms with Crippen molar-refractivity contribution in [1.29, 1.82) is 0 Å². The van der Waals surface area contributed by atoms with Crippen LogP contribution in [-0.2, 0) is 0 Å². The largest absolute Gasteiger partial charge is 0.496 e. The molecule has 118 valence electrons. The van der Waals surface area contributed by atoms with E-state index in [4.69, 9.17) is 4.74 Å². The second-order valence-corrected chi connectivity index (χ2v) is 5.80. The number of halogens is 1. The number of nitrogens with one attached hydrogen (secondary N) is 1. The average molecular weight is 294 g/mol. The van der Waals surface area contributed by atoms with Gasteiger partial charge in [-0.15, -0.1) is 0 Å². The molecule has 1 aromatic carbocycles. The second-order valence-electron chi connectivity index (χ2n) is 5.80. The van der Waals surface area contributed by atoms with Crippen molar-refractivity contribution in [3.8, 4) is 5.75 Å². The first kappa shape index (κ1) is 16.2. The molecule has 2 rings (SSSR count). The van der Waals surface area contributed by atoms with E-state index in [0.717, 1.165) is 25.9 Å². The first-order valence-corrected chi connectivity index (χ1v) is 7.93. The van der Waals surface area contributed by atoms with E-state index < -0.39 is 0 Å². The minimum atomic E-state index is -0.178. The number of piperazine rings is 1. The van der Waals surface area contributed by atoms with Gasteiger partial charge in [0.2, 0.25) is 0 Å². The Morgan fingerprint density at radius 3 is 2.76 bits per heavy atom. The minimum Gasteiger partial charge on any atom is -0.496 e. The maximum Gasteiger partial charge on any atom is 0.131 e. The number of hydrogen-bond donors (Lipinski definition) is 1. The lowest BCUT2D eigenvalue weighted by Gasteiger charge is -2.43. The molecular weight excluding hydrogens is 267 g/mol. The van der Waals surface area contributed by atoms with Crippen LogP contribution in [-0.4, -0.2) is 37.2 Å². The van der Waals surface area contributed by atoms with E-state index in [9.17, 15) is 4.39 Å². The maximum absolute atomic E-state index is 14.3. The summed E-state index contributed by atoms with van der Waals surface area (Å²) >= 11 is 0. The van der Waals surface area contributed by atoms with Crippen molar-refractivity contribution < 1.29 is 9.13 Å². The third-order valence-corrected chi connectivity index (χ3v) is 4.65. The molecule has 3 unspecified atom stereocenters. The van der Waals surface area contributed by atoms with Crippen molar-refractivity contribution in [2.24, 2.45) is 0 Å². The van der Waals surface area contributed by atoms with Gasteiger partial charge in [0.05, 0.1) is 7.11 Å². The molecule has 0 radical (unpaired) electrons. The normalized spacial score (nSPS) is 24.8. The van der Waals surface area contributed by atoms with Crippen LogP contribution >= 0.6 is 0 Å². The third kappa shape index (κ3) is 3.38. The highest BCUT2D eigenvalue weighted by atomic mass is 19.1. The molecule has 0 bridgehead atoms. The van der Waals surface area contributed by atoms with Crippen LogP contribution in [0.3, 0.4) is 0 Å². The molecule has 1 aliphatic heterocycles. The molecular formula is C17H27FN2O. The van der Waals surface area contributed by atoms with Crippen LogP contribution in [0.1, 0.15) is 45.2 Å². The van der Waals surface area contributed by atoms with Gasteiger partial charge in [0, 0.05) is 36.8 Å². The maximum atomic E-state index is 14.3. The Labute approximate surface area is 127 Å². The summed E-state index contributed by atoms with van der Waals surface area (Å²) in [6.45, 7) is 8.39. The van der Waals surface area contributed by atoms with Crippen LogP contribution in [0, 0.1) is 5.82 Å². The van der Waals surface area contributed by atoms with E-state index in [1.165, 1.54) is 6.07 Å². The van der Waals surface area contributed by atoms with Gasteiger partial charge in [-0.25, -0.2) is 4.39 Å². The topological polar surface area (TPSA) is 24.5 Å². The highest BCUT2D eigenvalue weighted by Gasteiger charge is 2.32. The zero-order valence-corrected chi connectivity index (χ0v) is 13.5. The van der Waals surface area contributed by atoms with E-state index in [2.05, 4.69) is 31.0 Å². The Morgan fingerprint density at radius 1 is 1.38 bits per heavy atom. The summed E-state index contributed by atoms with van der Waals surface area (Å²) < 4.78 is 19.7. The predicted octanol–water partition coefficient (Wildman–Crippen LogP) is 3.36. The van der Waals surface area contributed by atoms with Gasteiger partial charge in [-0.05, 0) is 31.9 Å². The molecule has 21 heavy (non-hydrogen) atoms. The fourth-order valence-corrected chi connectivity index (χ4v) is 3.28. The van der Waals surface area contributed by atoms with Crippen molar-refractivity contribution in [1.82, 2.24) is 10.2 Å². The van der Waals surface area contributed by atoms with Gasteiger partial charge < -0.3 is 10.1 Å². The summed E-state index contributed by atoms with van der Waals surface area (Å²) in [6, 6.07) is 6.00. The molecule has 0 saturated carbocycles. The third-order valence-electron chi connectivity index (χ3n) is 4.65. The van der Waals surface area contributed by atoms with Crippen molar-refractivity contribution in [2.45, 2.75) is 51.7 Å². The van der Waals surface area contributed by atoms with Gasteiger partial charge >= 0.3 is 0 Å². The second kappa shape index (κ2) is 7.23. The lowest BCUT2D eigenvalue weighted by molar-refractivity contribution is 0.0821. The summed E-state index contributed by atoms with van der Waals surface area (Å²) in [4.78, 5) is 2.42. The van der Waals surface area contributed by atoms with E-state index >= 15 is 0 Å². The molecule has 0 amide bonds. The number of nitrogens with zero attached hydrogens (tertiary/aromatic N) is 1. The molecule has 1 aliphatic rings. The Morgan fingerprint density at radius 2 is 2.14 bits per heavy atom. The highest BCUT2D eigenvalue weighted by molar-refractivity contribution is 5.37. The molecule has 4 heteroatoms. The zero-order chi connectivity index (χ0) is 15.4. The van der Waals surface area contributed by atoms with Gasteiger partial charge in [-0.2, -0.15) is 0 Å². The smallest absolute Gasteiger partial charge is 0.131 e. The SMILES string of the molecule is CCC1CN(C(C)c2c(F)cccc2OC)C(CC)CN1. The van der Waals surface area contributed by atoms with E-state index in [1.54, 1.807) is 13.2 Å². The Kier molecular flexibility index (Phi) is 5.59. The van der Waals surface area contributed by atoms with Crippen molar-refractivity contribution in [3.63, 3.8) is 0 Å². The van der Waals surface area contributed by atoms with Crippen molar-refractivity contribution >= 4 is 0 Å². The quantitative estimate of drug-likeness (QED) is 0.901. The molecule has 0 aromatic heterocycles. The van der Waals surface area contributed by atoms with E-state index in [-0.39, 0.29) is 11.9 Å². The summed E-state index contributed by atoms with van der Waals surface area (Å²) in [6.07, 6.45) is 2.15. The van der Waals surface area contributed by atoms with Crippen molar-refractivity contribution in [3.05, 3.63) is 29.6 Å². The standard InChI is InChI=1S/C17H27FN2O/c1-5-13-11-20(14(6-2)10-19-13)12(3)17-15(18)8-7-9-16(17)21-4/h7-9,12-14,19H,5-6,10-11H2,1-4H3. The molecule has 1 N–H and O–H groups in total. The molecule has 1 heterocycles. The van der Waals surface area contributed by atoms with E-state index in [1.807, 2.05) is 6.07 Å². The molecule has 0 aliphatic carbocycles. The molecule has 1 fully saturated rings. The van der Waals surface area contributed by atoms with Gasteiger partial charge in [-0.3, -0.25) is 4.90 Å². The number of ether oxygens (including phenoxy) is 1. The number of rotatable bonds is 5. The number of methoxy groups -OCH3 is 1. The molecule has 0 spiro atoms. The monoisotopic (exact) mass is 294 g/mol. The highest BCUT2D eigenvalue weighted by Crippen LogP contribution is 2.34. The van der Waals surface area contributed by atoms with Gasteiger partial charge in [0.1, 0.15) is 11.6 Å². The van der Waals surface area contributed by atoms with Crippen LogP contribution < -0.4 is 10.1 Å². The van der Waals surface area contributed by atoms with Crippen LogP contribution in [0.5, 0.6) is 5.75 Å². The first-order chi connectivity index (χ1) is 10.1. The lowest BCUT2D eigenvalue weighted by atomic mass is 9.98. The first-order valence-electron chi connectivity index (χ1n) is 7.93. The van der Waals surface area contributed by atoms with Crippen LogP contribution in [0.15, 0.2) is 18.2 Å². The predicted molar refractivity (Wildman–Crippen MR) is 84.2 cm³/mol. The summed E-state index contributed by atoms with van der Waals surface area (Å²) in [5.74, 6) is 0.465. The Hall–Kier alpha value is -1.13. The van der Waals surface area contributed by atoms with Gasteiger partial charge in [-0.1, -0.05) is 19.9 Å². The fourth-order valence-electron chi connectivity index (χ4n) is 3.28. The average Bonchev–Trinajstić information content (AvgIpc) is 2.53. The van der Waals surface area contributed by atoms with Crippen LogP contribution in [0.25, 0.3) is 0 Å². The number of hydrogen-bond acceptors (Lipinski definition) is 3. The van der Waals surface area contributed by atoms with Gasteiger partial charge in [0.25, 0.3) is 0 Å². The summed E-state index contributed by atoms with van der Waals surface area (Å²) in [5, 5.41) is 3.58. The molecule has 3 atom stereocenters. The van der Waals surface area contributed by atoms with Crippen LogP contribution in [0.2, 0.25) is 0 Å². The molecule has 1 aromatic rings. The Balaban J connectivity index is 2.30. The van der Waals surface area contributed by atoms with Gasteiger partial charge in [0.15, 0.2) is 0 Å². The zero-order valence-electron chi connectivity index (χ0n) is 13.5. The minimum absolute atomic E-state index is 0.0160. The lowest BCUT2D eigenvalue weighted by Crippen LogP contribution is -2.56. The molecule has 1 saturated heterocycles. The summed E-state index contributed by atoms with van der Waals surface area (Å²) in [5.41, 5.74) is 0.676. The molecule has 3 nitrogen and oxygen atoms in total.